The Hall–Kier alpha value is 0.210. The molecule has 48 valence electrons. The molecule has 0 radical (unpaired) electrons. The van der Waals surface area contributed by atoms with Crippen molar-refractivity contribution in [3.63, 3.8) is 0 Å². The molecule has 0 saturated carbocycles. The Bertz CT molecular complexity index is 86.6. The van der Waals surface area contributed by atoms with Crippen LogP contribution in [0, 0.1) is 0 Å². The van der Waals surface area contributed by atoms with Crippen LogP contribution in [0.1, 0.15) is 20.8 Å². The third-order valence-corrected chi connectivity index (χ3v) is 0.622. The van der Waals surface area contributed by atoms with Crippen LogP contribution in [0.25, 0.3) is 0 Å². The normalized spacial score (nSPS) is 8.38. The van der Waals surface area contributed by atoms with Crippen LogP contribution in [0.5, 0.6) is 0 Å². The van der Waals surface area contributed by atoms with Gasteiger partial charge in [0.1, 0.15) is 0 Å². The summed E-state index contributed by atoms with van der Waals surface area (Å²) >= 11 is 0. The van der Waals surface area contributed by atoms with E-state index in [0.717, 1.165) is 0 Å². The van der Waals surface area contributed by atoms with Gasteiger partial charge in [-0.1, -0.05) is 23.8 Å². The molecule has 0 atom stereocenters. The summed E-state index contributed by atoms with van der Waals surface area (Å²) in [7, 11) is 0. The Balaban J connectivity index is 0. The summed E-state index contributed by atoms with van der Waals surface area (Å²) in [6.07, 6.45) is 6.14. The molecule has 0 aromatic rings. The Morgan fingerprint density at radius 1 is 1.25 bits per heavy atom. The van der Waals surface area contributed by atoms with Gasteiger partial charge in [-0.25, -0.2) is 0 Å². The molecule has 0 N–H and O–H groups in total. The van der Waals surface area contributed by atoms with Gasteiger partial charge in [-0.15, -0.1) is 24.0 Å². The first-order chi connectivity index (χ1) is 3.27. The molecule has 0 nitrogen and oxygen atoms in total. The average Bonchev–Trinajstić information content (AvgIpc) is 1.61. The Labute approximate surface area is 68.7 Å². The van der Waals surface area contributed by atoms with Crippen molar-refractivity contribution in [1.29, 1.82) is 0 Å². The van der Waals surface area contributed by atoms with Gasteiger partial charge in [0.15, 0.2) is 0 Å². The number of hydrogen-bond acceptors (Lipinski definition) is 0. The minimum absolute atomic E-state index is 0. The van der Waals surface area contributed by atoms with Crippen molar-refractivity contribution in [1.82, 2.24) is 0 Å². The van der Waals surface area contributed by atoms with Crippen molar-refractivity contribution in [3.05, 3.63) is 23.8 Å². The van der Waals surface area contributed by atoms with E-state index in [0.29, 0.717) is 0 Å². The van der Waals surface area contributed by atoms with Gasteiger partial charge in [-0.05, 0) is 20.8 Å². The van der Waals surface area contributed by atoms with E-state index in [1.165, 1.54) is 5.57 Å². The molecule has 0 amide bonds. The molecule has 0 saturated heterocycles. The van der Waals surface area contributed by atoms with Gasteiger partial charge >= 0.3 is 0 Å². The highest BCUT2D eigenvalue weighted by Crippen LogP contribution is 1.87. The molecule has 0 bridgehead atoms. The molecular formula is C7H13I. The molecule has 0 aromatic carbocycles. The van der Waals surface area contributed by atoms with E-state index >= 15 is 0 Å². The summed E-state index contributed by atoms with van der Waals surface area (Å²) in [5.41, 5.74) is 1.35. The van der Waals surface area contributed by atoms with Gasteiger partial charge in [0, 0.05) is 0 Å². The predicted octanol–water partition coefficient (Wildman–Crippen LogP) is 3.15. The van der Waals surface area contributed by atoms with Crippen LogP contribution in [0.4, 0.5) is 0 Å². The lowest BCUT2D eigenvalue weighted by atomic mass is 10.3. The molecule has 0 heterocycles. The first-order valence-electron chi connectivity index (χ1n) is 2.53. The van der Waals surface area contributed by atoms with Gasteiger partial charge in [0.2, 0.25) is 0 Å². The van der Waals surface area contributed by atoms with Crippen LogP contribution < -0.4 is 0 Å². The summed E-state index contributed by atoms with van der Waals surface area (Å²) in [5.74, 6) is 0. The lowest BCUT2D eigenvalue weighted by Gasteiger charge is -1.77. The molecule has 0 aliphatic heterocycles. The van der Waals surface area contributed by atoms with E-state index in [9.17, 15) is 0 Å². The van der Waals surface area contributed by atoms with Crippen molar-refractivity contribution in [2.24, 2.45) is 0 Å². The molecule has 0 aliphatic rings. The highest BCUT2D eigenvalue weighted by atomic mass is 127. The maximum absolute atomic E-state index is 2.08. The van der Waals surface area contributed by atoms with Crippen molar-refractivity contribution >= 4 is 24.0 Å². The minimum atomic E-state index is 0. The van der Waals surface area contributed by atoms with Crippen LogP contribution >= 0.6 is 24.0 Å². The summed E-state index contributed by atoms with van der Waals surface area (Å²) in [6, 6.07) is 0. The number of halogens is 1. The summed E-state index contributed by atoms with van der Waals surface area (Å²) in [4.78, 5) is 0. The van der Waals surface area contributed by atoms with E-state index in [2.05, 4.69) is 19.9 Å². The van der Waals surface area contributed by atoms with E-state index in [1.807, 2.05) is 19.1 Å². The molecule has 0 unspecified atom stereocenters. The fourth-order valence-corrected chi connectivity index (χ4v) is 0.289. The zero-order valence-corrected chi connectivity index (χ0v) is 7.97. The van der Waals surface area contributed by atoms with Gasteiger partial charge in [-0.3, -0.25) is 0 Å². The zero-order valence-electron chi connectivity index (χ0n) is 5.64. The molecular weight excluding hydrogens is 211 g/mol. The summed E-state index contributed by atoms with van der Waals surface area (Å²) < 4.78 is 0. The van der Waals surface area contributed by atoms with Crippen LogP contribution in [-0.2, 0) is 0 Å². The van der Waals surface area contributed by atoms with Crippen LogP contribution in [0.2, 0.25) is 0 Å². The molecule has 0 fully saturated rings. The summed E-state index contributed by atoms with van der Waals surface area (Å²) in [6.45, 7) is 6.18. The van der Waals surface area contributed by atoms with E-state index in [-0.39, 0.29) is 24.0 Å². The molecule has 1 heteroatoms. The van der Waals surface area contributed by atoms with E-state index in [4.69, 9.17) is 0 Å². The second-order valence-corrected chi connectivity index (χ2v) is 1.77. The van der Waals surface area contributed by atoms with Crippen molar-refractivity contribution in [3.8, 4) is 0 Å². The number of hydrogen-bond donors (Lipinski definition) is 0. The van der Waals surface area contributed by atoms with Crippen molar-refractivity contribution in [2.75, 3.05) is 0 Å². The van der Waals surface area contributed by atoms with Gasteiger partial charge in [0.25, 0.3) is 0 Å². The van der Waals surface area contributed by atoms with E-state index < -0.39 is 0 Å². The molecule has 0 spiro atoms. The van der Waals surface area contributed by atoms with Crippen LogP contribution in [0.15, 0.2) is 23.8 Å². The second-order valence-electron chi connectivity index (χ2n) is 1.77. The third kappa shape index (κ3) is 9.51. The highest BCUT2D eigenvalue weighted by Gasteiger charge is 1.65. The first kappa shape index (κ1) is 11.1. The standard InChI is InChI=1S/C7H12.HI/c1-4-5-6-7(2)3;/h4-6H,1-3H3;1H/b5-4-;. The van der Waals surface area contributed by atoms with Gasteiger partial charge in [-0.2, -0.15) is 0 Å². The highest BCUT2D eigenvalue weighted by molar-refractivity contribution is 14.0. The smallest absolute Gasteiger partial charge is 0.0439 e. The van der Waals surface area contributed by atoms with Gasteiger partial charge < -0.3 is 0 Å². The average molecular weight is 224 g/mol. The van der Waals surface area contributed by atoms with Gasteiger partial charge in [0.05, 0.1) is 0 Å². The quantitative estimate of drug-likeness (QED) is 0.474. The fraction of sp³-hybridized carbons (Fsp3) is 0.429. The molecule has 8 heavy (non-hydrogen) atoms. The monoisotopic (exact) mass is 224 g/mol. The molecule has 0 rings (SSSR count). The number of rotatable bonds is 1. The topological polar surface area (TPSA) is 0 Å². The first-order valence-corrected chi connectivity index (χ1v) is 2.53. The minimum Gasteiger partial charge on any atom is -0.107 e. The number of allylic oxidation sites excluding steroid dienone is 4. The lowest BCUT2D eigenvalue weighted by Crippen LogP contribution is -1.56. The van der Waals surface area contributed by atoms with Crippen molar-refractivity contribution in [2.45, 2.75) is 20.8 Å². The molecule has 0 aliphatic carbocycles. The fourth-order valence-electron chi connectivity index (χ4n) is 0.289. The maximum atomic E-state index is 2.08. The third-order valence-electron chi connectivity index (χ3n) is 0.622. The summed E-state index contributed by atoms with van der Waals surface area (Å²) in [5, 5.41) is 0. The van der Waals surface area contributed by atoms with E-state index in [1.54, 1.807) is 0 Å². The SMILES string of the molecule is C/C=C\C=C(C)C.I. The van der Waals surface area contributed by atoms with Crippen LogP contribution in [-0.4, -0.2) is 0 Å². The second kappa shape index (κ2) is 7.21. The van der Waals surface area contributed by atoms with Crippen LogP contribution in [0.3, 0.4) is 0 Å². The Morgan fingerprint density at radius 3 is 1.88 bits per heavy atom. The Kier molecular flexibility index (Phi) is 9.97. The van der Waals surface area contributed by atoms with Crippen molar-refractivity contribution < 1.29 is 0 Å². The molecule has 0 aromatic heterocycles. The largest absolute Gasteiger partial charge is 0.107 e. The Morgan fingerprint density at radius 2 is 1.75 bits per heavy atom. The maximum Gasteiger partial charge on any atom is -0.0439 e. The lowest BCUT2D eigenvalue weighted by molar-refractivity contribution is 1.39. The predicted molar refractivity (Wildman–Crippen MR) is 49.7 cm³/mol. The zero-order chi connectivity index (χ0) is 5.70.